The molecule has 0 spiro atoms. The largest absolute Gasteiger partial charge is 0.462 e. The molecule has 2 rings (SSSR count). The second-order valence-electron chi connectivity index (χ2n) is 3.52. The third kappa shape index (κ3) is 2.51. The Bertz CT molecular complexity index is 492. The molecule has 1 N–H and O–H groups in total. The van der Waals surface area contributed by atoms with Crippen LogP contribution in [0.15, 0.2) is 36.4 Å². The van der Waals surface area contributed by atoms with E-state index < -0.39 is 0 Å². The third-order valence-corrected chi connectivity index (χ3v) is 2.23. The Kier molecular flexibility index (Phi) is 3.05. The maximum atomic E-state index is 10.5. The van der Waals surface area contributed by atoms with Gasteiger partial charge in [-0.1, -0.05) is 18.2 Å². The molecular formula is C13H13NO2. The molecule has 0 bridgehead atoms. The molecule has 1 aromatic carbocycles. The Labute approximate surface area is 93.7 Å². The van der Waals surface area contributed by atoms with Crippen molar-refractivity contribution < 1.29 is 9.53 Å². The summed E-state index contributed by atoms with van der Waals surface area (Å²) in [5, 5.41) is 1.18. The molecule has 0 unspecified atom stereocenters. The van der Waals surface area contributed by atoms with Crippen molar-refractivity contribution in [1.82, 2.24) is 4.98 Å². The van der Waals surface area contributed by atoms with E-state index in [-0.39, 0.29) is 5.97 Å². The number of benzene rings is 1. The molecule has 16 heavy (non-hydrogen) atoms. The maximum Gasteiger partial charge on any atom is 0.302 e. The second kappa shape index (κ2) is 4.66. The number of carbonyl (C=O) groups is 1. The minimum atomic E-state index is -0.263. The fourth-order valence-electron chi connectivity index (χ4n) is 1.53. The highest BCUT2D eigenvalue weighted by molar-refractivity contribution is 5.82. The first-order valence-electron chi connectivity index (χ1n) is 5.13. The van der Waals surface area contributed by atoms with Crippen molar-refractivity contribution in [3.05, 3.63) is 42.1 Å². The second-order valence-corrected chi connectivity index (χ2v) is 3.52. The zero-order chi connectivity index (χ0) is 11.4. The van der Waals surface area contributed by atoms with Crippen LogP contribution < -0.4 is 0 Å². The van der Waals surface area contributed by atoms with Gasteiger partial charge in [0.25, 0.3) is 0 Å². The van der Waals surface area contributed by atoms with Crippen LogP contribution in [0.1, 0.15) is 12.6 Å². The van der Waals surface area contributed by atoms with Gasteiger partial charge in [-0.3, -0.25) is 4.79 Å². The first kappa shape index (κ1) is 10.5. The van der Waals surface area contributed by atoms with Crippen LogP contribution in [0.5, 0.6) is 0 Å². The molecule has 0 atom stereocenters. The molecule has 3 heteroatoms. The van der Waals surface area contributed by atoms with Crippen LogP contribution in [-0.2, 0) is 9.53 Å². The van der Waals surface area contributed by atoms with Crippen molar-refractivity contribution in [2.75, 3.05) is 6.61 Å². The lowest BCUT2D eigenvalue weighted by Gasteiger charge is -1.93. The molecule has 0 saturated heterocycles. The molecular weight excluding hydrogens is 202 g/mol. The molecule has 2 aromatic rings. The highest BCUT2D eigenvalue weighted by Crippen LogP contribution is 2.15. The van der Waals surface area contributed by atoms with Gasteiger partial charge in [-0.2, -0.15) is 0 Å². The lowest BCUT2D eigenvalue weighted by molar-refractivity contribution is -0.139. The van der Waals surface area contributed by atoms with Gasteiger partial charge >= 0.3 is 5.97 Å². The predicted octanol–water partition coefficient (Wildman–Crippen LogP) is 2.74. The zero-order valence-electron chi connectivity index (χ0n) is 9.07. The van der Waals surface area contributed by atoms with Crippen molar-refractivity contribution >= 4 is 22.9 Å². The number of esters is 1. The van der Waals surface area contributed by atoms with Crippen LogP contribution in [0.4, 0.5) is 0 Å². The molecule has 82 valence electrons. The fraction of sp³-hybridized carbons (Fsp3) is 0.154. The van der Waals surface area contributed by atoms with Gasteiger partial charge in [0.1, 0.15) is 6.61 Å². The molecule has 0 saturated carbocycles. The van der Waals surface area contributed by atoms with Crippen LogP contribution in [0, 0.1) is 0 Å². The zero-order valence-corrected chi connectivity index (χ0v) is 9.07. The van der Waals surface area contributed by atoms with E-state index in [0.29, 0.717) is 6.61 Å². The van der Waals surface area contributed by atoms with Crippen LogP contribution in [0.25, 0.3) is 17.0 Å². The maximum absolute atomic E-state index is 10.5. The number of carbonyl (C=O) groups excluding carboxylic acids is 1. The summed E-state index contributed by atoms with van der Waals surface area (Å²) < 4.78 is 4.80. The minimum absolute atomic E-state index is 0.263. The Morgan fingerprint density at radius 3 is 3.00 bits per heavy atom. The molecule has 1 heterocycles. The Hall–Kier alpha value is -2.03. The Balaban J connectivity index is 2.06. The van der Waals surface area contributed by atoms with E-state index in [1.54, 1.807) is 0 Å². The quantitative estimate of drug-likeness (QED) is 0.800. The predicted molar refractivity (Wildman–Crippen MR) is 64.0 cm³/mol. The molecule has 1 aromatic heterocycles. The molecule has 0 amide bonds. The number of aromatic amines is 1. The summed E-state index contributed by atoms with van der Waals surface area (Å²) >= 11 is 0. The number of nitrogens with one attached hydrogen (secondary N) is 1. The summed E-state index contributed by atoms with van der Waals surface area (Å²) in [5.74, 6) is -0.263. The monoisotopic (exact) mass is 215 g/mol. The standard InChI is InChI=1S/C13H13NO2/c1-10(15)16-8-4-6-12-9-11-5-2-3-7-13(11)14-12/h2-7,9,14H,8H2,1H3. The van der Waals surface area contributed by atoms with Crippen LogP contribution in [-0.4, -0.2) is 17.6 Å². The highest BCUT2D eigenvalue weighted by Gasteiger charge is 1.95. The summed E-state index contributed by atoms with van der Waals surface area (Å²) in [5.41, 5.74) is 2.11. The summed E-state index contributed by atoms with van der Waals surface area (Å²) in [6.45, 7) is 1.71. The number of hydrogen-bond donors (Lipinski definition) is 1. The van der Waals surface area contributed by atoms with E-state index in [9.17, 15) is 4.79 Å². The van der Waals surface area contributed by atoms with Gasteiger partial charge in [0.15, 0.2) is 0 Å². The number of ether oxygens (including phenoxy) is 1. The summed E-state index contributed by atoms with van der Waals surface area (Å²) in [7, 11) is 0. The molecule has 0 aliphatic carbocycles. The number of hydrogen-bond acceptors (Lipinski definition) is 2. The summed E-state index contributed by atoms with van der Waals surface area (Å²) in [6.07, 6.45) is 3.72. The fourth-order valence-corrected chi connectivity index (χ4v) is 1.53. The molecule has 0 radical (unpaired) electrons. The van der Waals surface area contributed by atoms with Crippen molar-refractivity contribution in [1.29, 1.82) is 0 Å². The summed E-state index contributed by atoms with van der Waals surface area (Å²) in [4.78, 5) is 13.8. The lowest BCUT2D eigenvalue weighted by Crippen LogP contribution is -1.97. The van der Waals surface area contributed by atoms with E-state index >= 15 is 0 Å². The smallest absolute Gasteiger partial charge is 0.302 e. The average molecular weight is 215 g/mol. The van der Waals surface area contributed by atoms with Gasteiger partial charge in [0, 0.05) is 18.1 Å². The van der Waals surface area contributed by atoms with Crippen molar-refractivity contribution in [2.45, 2.75) is 6.92 Å². The van der Waals surface area contributed by atoms with E-state index in [1.165, 1.54) is 12.3 Å². The molecule has 0 fully saturated rings. The number of H-pyrrole nitrogens is 1. The number of rotatable bonds is 3. The van der Waals surface area contributed by atoms with Crippen LogP contribution in [0.2, 0.25) is 0 Å². The minimum Gasteiger partial charge on any atom is -0.462 e. The molecule has 0 aliphatic rings. The normalized spacial score (nSPS) is 11.1. The van der Waals surface area contributed by atoms with Gasteiger partial charge in [0.05, 0.1) is 0 Å². The first-order valence-corrected chi connectivity index (χ1v) is 5.13. The van der Waals surface area contributed by atoms with Crippen molar-refractivity contribution in [2.24, 2.45) is 0 Å². The lowest BCUT2D eigenvalue weighted by atomic mass is 10.2. The molecule has 3 nitrogen and oxygen atoms in total. The third-order valence-electron chi connectivity index (χ3n) is 2.23. The first-order chi connectivity index (χ1) is 7.75. The Morgan fingerprint density at radius 2 is 2.25 bits per heavy atom. The van der Waals surface area contributed by atoms with Gasteiger partial charge in [0.2, 0.25) is 0 Å². The van der Waals surface area contributed by atoms with Gasteiger partial charge in [-0.25, -0.2) is 0 Å². The topological polar surface area (TPSA) is 42.1 Å². The van der Waals surface area contributed by atoms with Crippen molar-refractivity contribution in [3.8, 4) is 0 Å². The number of aromatic nitrogens is 1. The number of fused-ring (bicyclic) bond motifs is 1. The van der Waals surface area contributed by atoms with E-state index in [2.05, 4.69) is 17.1 Å². The SMILES string of the molecule is CC(=O)OCC=Cc1cc2ccccc2[nH]1. The van der Waals surface area contributed by atoms with E-state index in [0.717, 1.165) is 11.2 Å². The van der Waals surface area contributed by atoms with Crippen molar-refractivity contribution in [3.63, 3.8) is 0 Å². The average Bonchev–Trinajstić information content (AvgIpc) is 2.66. The van der Waals surface area contributed by atoms with E-state index in [1.807, 2.05) is 30.4 Å². The van der Waals surface area contributed by atoms with Crippen LogP contribution >= 0.6 is 0 Å². The van der Waals surface area contributed by atoms with Gasteiger partial charge in [-0.15, -0.1) is 0 Å². The van der Waals surface area contributed by atoms with Gasteiger partial charge in [-0.05, 0) is 29.7 Å². The summed E-state index contributed by atoms with van der Waals surface area (Å²) in [6, 6.07) is 10.1. The van der Waals surface area contributed by atoms with Gasteiger partial charge < -0.3 is 9.72 Å². The van der Waals surface area contributed by atoms with Crippen LogP contribution in [0.3, 0.4) is 0 Å². The number of para-hydroxylation sites is 1. The molecule has 0 aliphatic heterocycles. The highest BCUT2D eigenvalue weighted by atomic mass is 16.5. The van der Waals surface area contributed by atoms with E-state index in [4.69, 9.17) is 4.74 Å². The Morgan fingerprint density at radius 1 is 1.44 bits per heavy atom.